The summed E-state index contributed by atoms with van der Waals surface area (Å²) in [5.74, 6) is 7.85. The summed E-state index contributed by atoms with van der Waals surface area (Å²) in [7, 11) is 0. The Balaban J connectivity index is 2.04. The van der Waals surface area contributed by atoms with E-state index < -0.39 is 0 Å². The molecule has 5 nitrogen and oxygen atoms in total. The van der Waals surface area contributed by atoms with Gasteiger partial charge >= 0.3 is 0 Å². The third kappa shape index (κ3) is 2.58. The first kappa shape index (κ1) is 13.6. The molecule has 1 aliphatic rings. The molecule has 1 fully saturated rings. The number of rotatable bonds is 2. The number of anilines is 2. The molecule has 0 bridgehead atoms. The van der Waals surface area contributed by atoms with Crippen LogP contribution in [-0.4, -0.2) is 23.1 Å². The maximum absolute atomic E-state index is 5.51. The molecule has 0 amide bonds. The highest BCUT2D eigenvalue weighted by Gasteiger charge is 2.19. The molecule has 2 aromatic heterocycles. The van der Waals surface area contributed by atoms with Crippen molar-refractivity contribution in [1.29, 1.82) is 0 Å². The van der Waals surface area contributed by atoms with E-state index in [0.717, 1.165) is 35.0 Å². The molecule has 0 aliphatic carbocycles. The summed E-state index contributed by atoms with van der Waals surface area (Å²) in [4.78, 5) is 13.7. The van der Waals surface area contributed by atoms with E-state index in [2.05, 4.69) is 40.2 Å². The van der Waals surface area contributed by atoms with Crippen LogP contribution >= 0.6 is 11.3 Å². The number of nitrogens with two attached hydrogens (primary N) is 1. The van der Waals surface area contributed by atoms with Crippen molar-refractivity contribution < 1.29 is 0 Å². The second-order valence-corrected chi connectivity index (χ2v) is 6.85. The highest BCUT2D eigenvalue weighted by atomic mass is 32.1. The lowest BCUT2D eigenvalue weighted by atomic mass is 10.0. The average Bonchev–Trinajstić information content (AvgIpc) is 2.67. The Labute approximate surface area is 123 Å². The molecule has 0 saturated carbocycles. The molecule has 20 heavy (non-hydrogen) atoms. The fourth-order valence-electron chi connectivity index (χ4n) is 2.81. The van der Waals surface area contributed by atoms with Gasteiger partial charge < -0.3 is 4.90 Å². The molecule has 6 heteroatoms. The predicted molar refractivity (Wildman–Crippen MR) is 85.2 cm³/mol. The standard InChI is InChI=1S/C14H21N5S/c1-9-4-3-6-19(7-5-9)12-11-8-10(2)20-13(11)17-14(16-12)18-15/h8-9H,3-7,15H2,1-2H3,(H,16,17,18). The molecule has 1 aliphatic heterocycles. The van der Waals surface area contributed by atoms with Gasteiger partial charge in [0.1, 0.15) is 10.6 Å². The van der Waals surface area contributed by atoms with E-state index in [1.165, 1.54) is 24.1 Å². The smallest absolute Gasteiger partial charge is 0.240 e. The van der Waals surface area contributed by atoms with Gasteiger partial charge in [-0.3, -0.25) is 5.43 Å². The quantitative estimate of drug-likeness (QED) is 0.658. The fourth-order valence-corrected chi connectivity index (χ4v) is 3.68. The van der Waals surface area contributed by atoms with Crippen molar-refractivity contribution in [2.24, 2.45) is 11.8 Å². The van der Waals surface area contributed by atoms with E-state index >= 15 is 0 Å². The van der Waals surface area contributed by atoms with Gasteiger partial charge in [0.2, 0.25) is 5.95 Å². The van der Waals surface area contributed by atoms with Crippen molar-refractivity contribution in [2.45, 2.75) is 33.1 Å². The van der Waals surface area contributed by atoms with Gasteiger partial charge in [-0.05, 0) is 38.2 Å². The largest absolute Gasteiger partial charge is 0.356 e. The molecule has 1 saturated heterocycles. The number of nitrogens with one attached hydrogen (secondary N) is 1. The van der Waals surface area contributed by atoms with E-state index in [-0.39, 0.29) is 0 Å². The fraction of sp³-hybridized carbons (Fsp3) is 0.571. The van der Waals surface area contributed by atoms with Crippen molar-refractivity contribution >= 4 is 33.3 Å². The van der Waals surface area contributed by atoms with Crippen LogP contribution in [0.5, 0.6) is 0 Å². The first-order chi connectivity index (χ1) is 9.67. The van der Waals surface area contributed by atoms with E-state index in [1.807, 2.05) is 0 Å². The average molecular weight is 291 g/mol. The molecule has 2 aromatic rings. The Kier molecular flexibility index (Phi) is 3.76. The van der Waals surface area contributed by atoms with Crippen LogP contribution in [0.15, 0.2) is 6.07 Å². The number of thiophene rings is 1. The van der Waals surface area contributed by atoms with Crippen LogP contribution in [-0.2, 0) is 0 Å². The molecule has 108 valence electrons. The summed E-state index contributed by atoms with van der Waals surface area (Å²) in [6.45, 7) is 6.57. The van der Waals surface area contributed by atoms with E-state index in [1.54, 1.807) is 11.3 Å². The number of aromatic nitrogens is 2. The molecule has 1 atom stereocenters. The summed E-state index contributed by atoms with van der Waals surface area (Å²) in [5.41, 5.74) is 2.59. The molecule has 0 aromatic carbocycles. The minimum Gasteiger partial charge on any atom is -0.356 e. The first-order valence-electron chi connectivity index (χ1n) is 7.17. The first-order valence-corrected chi connectivity index (χ1v) is 7.99. The Morgan fingerprint density at radius 1 is 1.35 bits per heavy atom. The van der Waals surface area contributed by atoms with E-state index in [9.17, 15) is 0 Å². The Morgan fingerprint density at radius 2 is 2.20 bits per heavy atom. The summed E-state index contributed by atoms with van der Waals surface area (Å²) in [6, 6.07) is 2.18. The lowest BCUT2D eigenvalue weighted by Crippen LogP contribution is -2.26. The second-order valence-electron chi connectivity index (χ2n) is 5.61. The maximum atomic E-state index is 5.51. The van der Waals surface area contributed by atoms with Gasteiger partial charge in [0.05, 0.1) is 5.39 Å². The molecule has 3 rings (SSSR count). The van der Waals surface area contributed by atoms with Crippen molar-refractivity contribution in [2.75, 3.05) is 23.4 Å². The van der Waals surface area contributed by atoms with Crippen LogP contribution in [0.2, 0.25) is 0 Å². The van der Waals surface area contributed by atoms with Gasteiger partial charge in [-0.2, -0.15) is 4.98 Å². The van der Waals surface area contributed by atoms with Gasteiger partial charge in [0.15, 0.2) is 0 Å². The zero-order chi connectivity index (χ0) is 14.1. The van der Waals surface area contributed by atoms with Crippen LogP contribution in [0, 0.1) is 12.8 Å². The zero-order valence-electron chi connectivity index (χ0n) is 12.0. The van der Waals surface area contributed by atoms with Crippen LogP contribution in [0.4, 0.5) is 11.8 Å². The van der Waals surface area contributed by atoms with Crippen molar-refractivity contribution in [3.8, 4) is 0 Å². The Morgan fingerprint density at radius 3 is 3.00 bits per heavy atom. The van der Waals surface area contributed by atoms with Gasteiger partial charge in [0, 0.05) is 18.0 Å². The van der Waals surface area contributed by atoms with Crippen molar-refractivity contribution in [3.05, 3.63) is 10.9 Å². The normalized spacial score (nSPS) is 20.1. The number of aryl methyl sites for hydroxylation is 1. The molecule has 0 radical (unpaired) electrons. The summed E-state index contributed by atoms with van der Waals surface area (Å²) in [5, 5.41) is 1.15. The molecule has 0 spiro atoms. The molecular formula is C14H21N5S. The van der Waals surface area contributed by atoms with Gasteiger partial charge in [-0.15, -0.1) is 11.3 Å². The third-order valence-electron chi connectivity index (χ3n) is 3.94. The van der Waals surface area contributed by atoms with Gasteiger partial charge in [-0.25, -0.2) is 10.8 Å². The molecule has 3 N–H and O–H groups in total. The van der Waals surface area contributed by atoms with Crippen molar-refractivity contribution in [3.63, 3.8) is 0 Å². The molecule has 3 heterocycles. The monoisotopic (exact) mass is 291 g/mol. The summed E-state index contributed by atoms with van der Waals surface area (Å²) >= 11 is 1.69. The maximum Gasteiger partial charge on any atom is 0.240 e. The van der Waals surface area contributed by atoms with Gasteiger partial charge in [0.25, 0.3) is 0 Å². The van der Waals surface area contributed by atoms with Crippen molar-refractivity contribution in [1.82, 2.24) is 9.97 Å². The predicted octanol–water partition coefficient (Wildman–Crippen LogP) is 2.91. The number of hydrogen-bond acceptors (Lipinski definition) is 6. The number of nitrogen functional groups attached to an aromatic ring is 1. The number of hydrazine groups is 1. The third-order valence-corrected chi connectivity index (χ3v) is 4.89. The lowest BCUT2D eigenvalue weighted by molar-refractivity contribution is 0.521. The summed E-state index contributed by atoms with van der Waals surface area (Å²) < 4.78 is 0. The molecule has 1 unspecified atom stereocenters. The zero-order valence-corrected chi connectivity index (χ0v) is 12.8. The lowest BCUT2D eigenvalue weighted by Gasteiger charge is -2.22. The topological polar surface area (TPSA) is 67.1 Å². The highest BCUT2D eigenvalue weighted by Crippen LogP contribution is 2.33. The van der Waals surface area contributed by atoms with Crippen LogP contribution in [0.3, 0.4) is 0 Å². The second kappa shape index (κ2) is 5.54. The molecular weight excluding hydrogens is 270 g/mol. The van der Waals surface area contributed by atoms with Gasteiger partial charge in [-0.1, -0.05) is 6.92 Å². The number of fused-ring (bicyclic) bond motifs is 1. The minimum absolute atomic E-state index is 0.506. The highest BCUT2D eigenvalue weighted by molar-refractivity contribution is 7.18. The minimum atomic E-state index is 0.506. The SMILES string of the molecule is Cc1cc2c(N3CCCC(C)CC3)nc(NN)nc2s1. The Hall–Kier alpha value is -1.40. The van der Waals surface area contributed by atoms with Crippen LogP contribution in [0.1, 0.15) is 31.1 Å². The van der Waals surface area contributed by atoms with E-state index in [4.69, 9.17) is 5.84 Å². The Bertz CT molecular complexity index is 609. The number of nitrogens with zero attached hydrogens (tertiary/aromatic N) is 3. The number of hydrogen-bond donors (Lipinski definition) is 2. The van der Waals surface area contributed by atoms with Crippen LogP contribution < -0.4 is 16.2 Å². The van der Waals surface area contributed by atoms with E-state index in [0.29, 0.717) is 5.95 Å². The van der Waals surface area contributed by atoms with Crippen LogP contribution in [0.25, 0.3) is 10.2 Å². The summed E-state index contributed by atoms with van der Waals surface area (Å²) in [6.07, 6.45) is 3.75.